The summed E-state index contributed by atoms with van der Waals surface area (Å²) in [6.45, 7) is 2.83. The van der Waals surface area contributed by atoms with E-state index in [1.54, 1.807) is 0 Å². The summed E-state index contributed by atoms with van der Waals surface area (Å²) >= 11 is 0. The van der Waals surface area contributed by atoms with Gasteiger partial charge in [-0.1, -0.05) is 121 Å². The molecule has 1 aliphatic rings. The van der Waals surface area contributed by atoms with Crippen molar-refractivity contribution in [1.29, 1.82) is 0 Å². The Labute approximate surface area is 217 Å². The van der Waals surface area contributed by atoms with Gasteiger partial charge in [-0.15, -0.1) is 0 Å². The van der Waals surface area contributed by atoms with Crippen molar-refractivity contribution in [1.82, 2.24) is 19.9 Å². The van der Waals surface area contributed by atoms with Gasteiger partial charge in [0.05, 0.1) is 13.2 Å². The Bertz CT molecular complexity index is 1340. The summed E-state index contributed by atoms with van der Waals surface area (Å²) in [5.74, 6) is 2.03. The van der Waals surface area contributed by atoms with Crippen LogP contribution in [0.3, 0.4) is 0 Å². The first-order valence-corrected chi connectivity index (χ1v) is 12.7. The predicted octanol–water partition coefficient (Wildman–Crippen LogP) is 5.83. The second-order valence-corrected chi connectivity index (χ2v) is 9.08. The first kappa shape index (κ1) is 23.2. The molecule has 182 valence electrons. The molecular weight excluding hydrogens is 456 g/mol. The molecule has 0 N–H and O–H groups in total. The highest BCUT2D eigenvalue weighted by Crippen LogP contribution is 2.42. The lowest BCUT2D eigenvalue weighted by molar-refractivity contribution is -0.000105. The third-order valence-electron chi connectivity index (χ3n) is 6.89. The van der Waals surface area contributed by atoms with Gasteiger partial charge in [0.25, 0.3) is 0 Å². The predicted molar refractivity (Wildman–Crippen MR) is 146 cm³/mol. The molecule has 37 heavy (non-hydrogen) atoms. The van der Waals surface area contributed by atoms with Gasteiger partial charge in [0.2, 0.25) is 0 Å². The van der Waals surface area contributed by atoms with Crippen LogP contribution in [0.15, 0.2) is 121 Å². The molecule has 2 heterocycles. The van der Waals surface area contributed by atoms with Crippen molar-refractivity contribution in [3.8, 4) is 22.8 Å². The largest absolute Gasteiger partial charge is 0.379 e. The van der Waals surface area contributed by atoms with Gasteiger partial charge >= 0.3 is 0 Å². The Kier molecular flexibility index (Phi) is 6.55. The maximum absolute atomic E-state index is 5.79. The number of benzene rings is 4. The average Bonchev–Trinajstić information content (AvgIpc) is 3.00. The van der Waals surface area contributed by atoms with Crippen LogP contribution in [0, 0.1) is 0 Å². The minimum Gasteiger partial charge on any atom is -0.379 e. The highest BCUT2D eigenvalue weighted by molar-refractivity contribution is 5.62. The van der Waals surface area contributed by atoms with Crippen LogP contribution in [0.25, 0.3) is 22.8 Å². The SMILES string of the molecule is c1ccc(-c2nc(-c3ccccc3)nc(C(c3ccccc3)(c3ccccc3)N3CCOCC3)n2)cc1. The number of hydrogen-bond acceptors (Lipinski definition) is 5. The standard InChI is InChI=1S/C32H28N4O/c1-5-13-25(14-6-1)29-33-30(26-15-7-2-8-16-26)35-31(34-29)32(27-17-9-3-10-18-27,28-19-11-4-12-20-28)36-21-23-37-24-22-36/h1-20H,21-24H2. The van der Waals surface area contributed by atoms with E-state index in [1.807, 2.05) is 36.4 Å². The molecule has 4 aromatic carbocycles. The van der Waals surface area contributed by atoms with Gasteiger partial charge in [-0.3, -0.25) is 4.90 Å². The van der Waals surface area contributed by atoms with E-state index in [0.29, 0.717) is 30.7 Å². The molecule has 5 nitrogen and oxygen atoms in total. The molecule has 0 aliphatic carbocycles. The van der Waals surface area contributed by atoms with Crippen molar-refractivity contribution in [3.05, 3.63) is 138 Å². The molecule has 1 fully saturated rings. The topological polar surface area (TPSA) is 51.1 Å². The van der Waals surface area contributed by atoms with E-state index in [9.17, 15) is 0 Å². The second-order valence-electron chi connectivity index (χ2n) is 9.08. The third-order valence-corrected chi connectivity index (χ3v) is 6.89. The summed E-state index contributed by atoms with van der Waals surface area (Å²) in [4.78, 5) is 17.9. The second kappa shape index (κ2) is 10.4. The summed E-state index contributed by atoms with van der Waals surface area (Å²) in [5, 5.41) is 0. The fourth-order valence-corrected chi connectivity index (χ4v) is 5.16. The summed E-state index contributed by atoms with van der Waals surface area (Å²) in [6, 6.07) is 41.5. The van der Waals surface area contributed by atoms with Gasteiger partial charge in [-0.2, -0.15) is 0 Å². The van der Waals surface area contributed by atoms with Crippen LogP contribution in [-0.2, 0) is 10.3 Å². The molecular formula is C32H28N4O. The Balaban J connectivity index is 1.69. The summed E-state index contributed by atoms with van der Waals surface area (Å²) in [7, 11) is 0. The maximum Gasteiger partial charge on any atom is 0.163 e. The average molecular weight is 485 g/mol. The quantitative estimate of drug-likeness (QED) is 0.304. The maximum atomic E-state index is 5.79. The number of nitrogens with zero attached hydrogens (tertiary/aromatic N) is 4. The minimum atomic E-state index is -0.720. The lowest BCUT2D eigenvalue weighted by atomic mass is 9.79. The zero-order valence-corrected chi connectivity index (χ0v) is 20.6. The van der Waals surface area contributed by atoms with Gasteiger partial charge in [-0.05, 0) is 11.1 Å². The van der Waals surface area contributed by atoms with Crippen molar-refractivity contribution < 1.29 is 4.74 Å². The van der Waals surface area contributed by atoms with Crippen LogP contribution >= 0.6 is 0 Å². The van der Waals surface area contributed by atoms with E-state index in [4.69, 9.17) is 19.7 Å². The van der Waals surface area contributed by atoms with E-state index in [-0.39, 0.29) is 0 Å². The zero-order valence-electron chi connectivity index (χ0n) is 20.6. The molecule has 5 heteroatoms. The van der Waals surface area contributed by atoms with E-state index >= 15 is 0 Å². The number of hydrogen-bond donors (Lipinski definition) is 0. The Morgan fingerprint density at radius 1 is 0.514 bits per heavy atom. The summed E-state index contributed by atoms with van der Waals surface area (Å²) < 4.78 is 5.79. The number of ether oxygens (including phenoxy) is 1. The smallest absolute Gasteiger partial charge is 0.163 e. The fraction of sp³-hybridized carbons (Fsp3) is 0.156. The van der Waals surface area contributed by atoms with Gasteiger partial charge in [0.15, 0.2) is 17.5 Å². The molecule has 0 atom stereocenters. The highest BCUT2D eigenvalue weighted by atomic mass is 16.5. The monoisotopic (exact) mass is 484 g/mol. The Hall–Kier alpha value is -4.19. The van der Waals surface area contributed by atoms with E-state index in [0.717, 1.165) is 35.3 Å². The molecule has 0 radical (unpaired) electrons. The minimum absolute atomic E-state index is 0.656. The van der Waals surface area contributed by atoms with Crippen molar-refractivity contribution in [2.24, 2.45) is 0 Å². The van der Waals surface area contributed by atoms with Crippen molar-refractivity contribution >= 4 is 0 Å². The van der Waals surface area contributed by atoms with Crippen LogP contribution in [-0.4, -0.2) is 46.2 Å². The van der Waals surface area contributed by atoms with E-state index in [2.05, 4.69) is 89.8 Å². The first-order valence-electron chi connectivity index (χ1n) is 12.7. The molecule has 0 unspecified atom stereocenters. The molecule has 1 aliphatic heterocycles. The van der Waals surface area contributed by atoms with Crippen LogP contribution in [0.5, 0.6) is 0 Å². The molecule has 0 bridgehead atoms. The van der Waals surface area contributed by atoms with Gasteiger partial charge < -0.3 is 4.74 Å². The number of rotatable bonds is 6. The van der Waals surface area contributed by atoms with E-state index < -0.39 is 5.54 Å². The molecule has 5 aromatic rings. The molecule has 0 spiro atoms. The highest BCUT2D eigenvalue weighted by Gasteiger charge is 2.46. The molecule has 1 aromatic heterocycles. The molecule has 0 amide bonds. The van der Waals surface area contributed by atoms with E-state index in [1.165, 1.54) is 0 Å². The zero-order chi connectivity index (χ0) is 24.9. The van der Waals surface area contributed by atoms with Gasteiger partial charge in [0, 0.05) is 24.2 Å². The van der Waals surface area contributed by atoms with Crippen molar-refractivity contribution in [2.75, 3.05) is 26.3 Å². The normalized spacial score (nSPS) is 14.4. The van der Waals surface area contributed by atoms with Crippen molar-refractivity contribution in [3.63, 3.8) is 0 Å². The van der Waals surface area contributed by atoms with Crippen LogP contribution < -0.4 is 0 Å². The lowest BCUT2D eigenvalue weighted by Crippen LogP contribution is -2.53. The van der Waals surface area contributed by atoms with Gasteiger partial charge in [0.1, 0.15) is 5.54 Å². The number of aromatic nitrogens is 3. The van der Waals surface area contributed by atoms with Crippen LogP contribution in [0.4, 0.5) is 0 Å². The first-order chi connectivity index (χ1) is 18.4. The molecule has 0 saturated carbocycles. The molecule has 6 rings (SSSR count). The Morgan fingerprint density at radius 3 is 1.35 bits per heavy atom. The lowest BCUT2D eigenvalue weighted by Gasteiger charge is -2.45. The number of morpholine rings is 1. The fourth-order valence-electron chi connectivity index (χ4n) is 5.16. The Morgan fingerprint density at radius 2 is 0.919 bits per heavy atom. The van der Waals surface area contributed by atoms with Crippen LogP contribution in [0.2, 0.25) is 0 Å². The summed E-state index contributed by atoms with van der Waals surface area (Å²) in [6.07, 6.45) is 0. The van der Waals surface area contributed by atoms with Gasteiger partial charge in [-0.25, -0.2) is 15.0 Å². The summed E-state index contributed by atoms with van der Waals surface area (Å²) in [5.41, 5.74) is 3.43. The van der Waals surface area contributed by atoms with Crippen molar-refractivity contribution in [2.45, 2.75) is 5.54 Å². The third kappa shape index (κ3) is 4.44. The van der Waals surface area contributed by atoms with Crippen LogP contribution in [0.1, 0.15) is 17.0 Å². The molecule has 1 saturated heterocycles.